The summed E-state index contributed by atoms with van der Waals surface area (Å²) < 4.78 is 5.77. The van der Waals surface area contributed by atoms with E-state index in [2.05, 4.69) is 47.9 Å². The first-order chi connectivity index (χ1) is 10.3. The molecule has 0 saturated carbocycles. The van der Waals surface area contributed by atoms with Crippen LogP contribution in [0.5, 0.6) is 0 Å². The molecule has 1 saturated heterocycles. The lowest BCUT2D eigenvalue weighted by molar-refractivity contribution is -0.0933. The van der Waals surface area contributed by atoms with Crippen LogP contribution in [0.2, 0.25) is 0 Å². The van der Waals surface area contributed by atoms with Gasteiger partial charge in [0.2, 0.25) is 0 Å². The molecule has 0 bridgehead atoms. The molecule has 2 rings (SSSR count). The van der Waals surface area contributed by atoms with Gasteiger partial charge in [0.15, 0.2) is 5.69 Å². The predicted molar refractivity (Wildman–Crippen MR) is 83.1 cm³/mol. The highest BCUT2D eigenvalue weighted by atomic mass is 16.5. The Morgan fingerprint density at radius 1 is 1.36 bits per heavy atom. The molecular weight excluding hydrogens is 284 g/mol. The van der Waals surface area contributed by atoms with Crippen molar-refractivity contribution in [3.05, 3.63) is 18.1 Å². The van der Waals surface area contributed by atoms with Gasteiger partial charge >= 0.3 is 5.97 Å². The summed E-state index contributed by atoms with van der Waals surface area (Å²) in [4.78, 5) is 21.1. The van der Waals surface area contributed by atoms with Gasteiger partial charge in [-0.05, 0) is 27.7 Å². The normalized spacial score (nSPS) is 23.3. The Hall–Kier alpha value is -1.73. The third-order valence-electron chi connectivity index (χ3n) is 3.85. The molecule has 0 aromatic carbocycles. The van der Waals surface area contributed by atoms with Crippen molar-refractivity contribution in [2.45, 2.75) is 45.4 Å². The summed E-state index contributed by atoms with van der Waals surface area (Å²) in [5.74, 6) is -0.497. The van der Waals surface area contributed by atoms with E-state index in [-0.39, 0.29) is 23.4 Å². The van der Waals surface area contributed by atoms with Crippen molar-refractivity contribution in [1.29, 1.82) is 0 Å². The summed E-state index contributed by atoms with van der Waals surface area (Å²) in [5, 5.41) is 12.0. The zero-order valence-corrected chi connectivity index (χ0v) is 13.5. The largest absolute Gasteiger partial charge is 0.476 e. The highest BCUT2D eigenvalue weighted by molar-refractivity contribution is 5.84. The summed E-state index contributed by atoms with van der Waals surface area (Å²) in [6.07, 6.45) is 3.15. The molecule has 0 spiro atoms. The van der Waals surface area contributed by atoms with E-state index in [0.29, 0.717) is 12.4 Å². The number of hydrogen-bond donors (Lipinski definition) is 2. The van der Waals surface area contributed by atoms with Crippen LogP contribution in [0.15, 0.2) is 12.4 Å². The summed E-state index contributed by atoms with van der Waals surface area (Å²) in [6, 6.07) is 0. The summed E-state index contributed by atoms with van der Waals surface area (Å²) in [7, 11) is 0. The Balaban J connectivity index is 1.95. The number of morpholine rings is 1. The van der Waals surface area contributed by atoms with Gasteiger partial charge < -0.3 is 15.2 Å². The lowest BCUT2D eigenvalue weighted by Gasteiger charge is -2.45. The van der Waals surface area contributed by atoms with Crippen molar-refractivity contribution >= 4 is 11.8 Å². The van der Waals surface area contributed by atoms with Crippen LogP contribution < -0.4 is 5.32 Å². The topological polar surface area (TPSA) is 87.6 Å². The fourth-order valence-electron chi connectivity index (χ4n) is 2.62. The number of carboxylic acid groups (broad SMARTS) is 1. The SMILES string of the molecule is CC1CN(C(C)(C)CNc2cnc(C(=O)O)cn2)CC(C)O1. The maximum absolute atomic E-state index is 10.8. The summed E-state index contributed by atoms with van der Waals surface area (Å²) in [5.41, 5.74) is -0.125. The second-order valence-electron chi connectivity index (χ2n) is 6.42. The van der Waals surface area contributed by atoms with Gasteiger partial charge in [-0.2, -0.15) is 0 Å². The molecule has 1 aromatic rings. The quantitative estimate of drug-likeness (QED) is 0.851. The van der Waals surface area contributed by atoms with Gasteiger partial charge in [-0.3, -0.25) is 4.90 Å². The van der Waals surface area contributed by atoms with E-state index < -0.39 is 5.97 Å². The molecule has 2 atom stereocenters. The first-order valence-corrected chi connectivity index (χ1v) is 7.47. The third-order valence-corrected chi connectivity index (χ3v) is 3.85. The Kier molecular flexibility index (Phi) is 4.97. The lowest BCUT2D eigenvalue weighted by atomic mass is 10.00. The highest BCUT2D eigenvalue weighted by Gasteiger charge is 2.33. The molecule has 0 aliphatic carbocycles. The molecule has 122 valence electrons. The molecule has 1 fully saturated rings. The number of carbonyl (C=O) groups is 1. The number of hydrogen-bond acceptors (Lipinski definition) is 6. The number of ether oxygens (including phenoxy) is 1. The van der Waals surface area contributed by atoms with Gasteiger partial charge in [0.1, 0.15) is 5.82 Å². The van der Waals surface area contributed by atoms with E-state index in [1.807, 2.05) is 0 Å². The fourth-order valence-corrected chi connectivity index (χ4v) is 2.62. The van der Waals surface area contributed by atoms with E-state index in [9.17, 15) is 4.79 Å². The first kappa shape index (κ1) is 16.6. The van der Waals surface area contributed by atoms with Gasteiger partial charge in [-0.15, -0.1) is 0 Å². The van der Waals surface area contributed by atoms with Gasteiger partial charge in [0.05, 0.1) is 24.6 Å². The Bertz CT molecular complexity index is 508. The highest BCUT2D eigenvalue weighted by Crippen LogP contribution is 2.21. The number of nitrogens with one attached hydrogen (secondary N) is 1. The Morgan fingerprint density at radius 3 is 2.50 bits per heavy atom. The zero-order chi connectivity index (χ0) is 16.3. The van der Waals surface area contributed by atoms with Gasteiger partial charge in [0, 0.05) is 25.2 Å². The number of nitrogens with zero attached hydrogens (tertiary/aromatic N) is 3. The number of aromatic carboxylic acids is 1. The van der Waals surface area contributed by atoms with Crippen LogP contribution in [0, 0.1) is 0 Å². The molecule has 1 aliphatic heterocycles. The van der Waals surface area contributed by atoms with Crippen molar-refractivity contribution < 1.29 is 14.6 Å². The smallest absolute Gasteiger partial charge is 0.356 e. The molecular formula is C15H24N4O3. The zero-order valence-electron chi connectivity index (χ0n) is 13.5. The van der Waals surface area contributed by atoms with Crippen molar-refractivity contribution in [2.75, 3.05) is 25.0 Å². The molecule has 1 aromatic heterocycles. The molecule has 0 amide bonds. The maximum Gasteiger partial charge on any atom is 0.356 e. The minimum absolute atomic E-state index is 0.0550. The van der Waals surface area contributed by atoms with E-state index in [1.54, 1.807) is 0 Å². The second-order valence-corrected chi connectivity index (χ2v) is 6.42. The number of anilines is 1. The molecule has 7 heteroatoms. The van der Waals surface area contributed by atoms with Crippen LogP contribution in [-0.2, 0) is 4.74 Å². The molecule has 0 radical (unpaired) electrons. The molecule has 2 heterocycles. The third kappa shape index (κ3) is 4.14. The van der Waals surface area contributed by atoms with E-state index in [1.165, 1.54) is 12.4 Å². The number of rotatable bonds is 5. The molecule has 2 N–H and O–H groups in total. The summed E-state index contributed by atoms with van der Waals surface area (Å²) in [6.45, 7) is 11.0. The van der Waals surface area contributed by atoms with E-state index >= 15 is 0 Å². The van der Waals surface area contributed by atoms with Crippen molar-refractivity contribution in [3.63, 3.8) is 0 Å². The van der Waals surface area contributed by atoms with Crippen LogP contribution >= 0.6 is 0 Å². The van der Waals surface area contributed by atoms with Crippen LogP contribution in [-0.4, -0.2) is 63.3 Å². The average molecular weight is 308 g/mol. The molecule has 22 heavy (non-hydrogen) atoms. The van der Waals surface area contributed by atoms with Crippen molar-refractivity contribution in [2.24, 2.45) is 0 Å². The van der Waals surface area contributed by atoms with Crippen LogP contribution in [0.3, 0.4) is 0 Å². The molecule has 7 nitrogen and oxygen atoms in total. The standard InChI is InChI=1S/C15H24N4O3/c1-10-7-19(8-11(2)22-10)15(3,4)9-18-13-6-16-12(5-17-13)14(20)21/h5-6,10-11H,7-9H2,1-4H3,(H,17,18)(H,20,21). The van der Waals surface area contributed by atoms with Crippen LogP contribution in [0.1, 0.15) is 38.2 Å². The number of carboxylic acids is 1. The van der Waals surface area contributed by atoms with Gasteiger partial charge in [-0.25, -0.2) is 14.8 Å². The van der Waals surface area contributed by atoms with Crippen LogP contribution in [0.25, 0.3) is 0 Å². The number of aromatic nitrogens is 2. The van der Waals surface area contributed by atoms with E-state index in [4.69, 9.17) is 9.84 Å². The Labute approximate surface area is 130 Å². The Morgan fingerprint density at radius 2 is 2.00 bits per heavy atom. The average Bonchev–Trinajstić information content (AvgIpc) is 2.44. The summed E-state index contributed by atoms with van der Waals surface area (Å²) >= 11 is 0. The lowest BCUT2D eigenvalue weighted by Crippen LogP contribution is -2.57. The fraction of sp³-hybridized carbons (Fsp3) is 0.667. The first-order valence-electron chi connectivity index (χ1n) is 7.47. The minimum Gasteiger partial charge on any atom is -0.476 e. The monoisotopic (exact) mass is 308 g/mol. The molecule has 2 unspecified atom stereocenters. The van der Waals surface area contributed by atoms with Crippen molar-refractivity contribution in [3.8, 4) is 0 Å². The second kappa shape index (κ2) is 6.58. The van der Waals surface area contributed by atoms with E-state index in [0.717, 1.165) is 13.1 Å². The minimum atomic E-state index is -1.07. The predicted octanol–water partition coefficient (Wildman–Crippen LogP) is 1.47. The van der Waals surface area contributed by atoms with Crippen LogP contribution in [0.4, 0.5) is 5.82 Å². The van der Waals surface area contributed by atoms with Gasteiger partial charge in [0.25, 0.3) is 0 Å². The maximum atomic E-state index is 10.8. The van der Waals surface area contributed by atoms with Gasteiger partial charge in [-0.1, -0.05) is 0 Å². The van der Waals surface area contributed by atoms with Crippen molar-refractivity contribution in [1.82, 2.24) is 14.9 Å². The molecule has 1 aliphatic rings.